The van der Waals surface area contributed by atoms with Crippen molar-refractivity contribution in [3.63, 3.8) is 0 Å². The predicted octanol–water partition coefficient (Wildman–Crippen LogP) is 3.29. The van der Waals surface area contributed by atoms with Crippen LogP contribution in [-0.2, 0) is 4.74 Å². The van der Waals surface area contributed by atoms with Gasteiger partial charge in [0.1, 0.15) is 0 Å². The number of nitrogens with zero attached hydrogens (tertiary/aromatic N) is 1. The molecule has 2 atom stereocenters. The van der Waals surface area contributed by atoms with Crippen LogP contribution in [0.2, 0.25) is 0 Å². The molecule has 2 unspecified atom stereocenters. The summed E-state index contributed by atoms with van der Waals surface area (Å²) in [6.45, 7) is 15.1. The van der Waals surface area contributed by atoms with Crippen molar-refractivity contribution in [3.05, 3.63) is 0 Å². The first-order valence-corrected chi connectivity index (χ1v) is 9.21. The van der Waals surface area contributed by atoms with Crippen molar-refractivity contribution in [3.8, 4) is 0 Å². The van der Waals surface area contributed by atoms with E-state index in [1.54, 1.807) is 0 Å². The summed E-state index contributed by atoms with van der Waals surface area (Å²) in [5.41, 5.74) is 0.342. The minimum Gasteiger partial charge on any atom is -0.381 e. The van der Waals surface area contributed by atoms with Crippen molar-refractivity contribution in [2.24, 2.45) is 11.8 Å². The van der Waals surface area contributed by atoms with Crippen LogP contribution in [0.1, 0.15) is 59.8 Å². The zero-order valence-corrected chi connectivity index (χ0v) is 14.7. The van der Waals surface area contributed by atoms with Crippen LogP contribution in [0.5, 0.6) is 0 Å². The third kappa shape index (κ3) is 4.20. The highest BCUT2D eigenvalue weighted by atomic mass is 16.5. The molecule has 1 N–H and O–H groups in total. The fourth-order valence-electron chi connectivity index (χ4n) is 4.03. The minimum absolute atomic E-state index is 0.342. The highest BCUT2D eigenvalue weighted by Gasteiger charge is 2.39. The topological polar surface area (TPSA) is 24.5 Å². The molecule has 0 aromatic carbocycles. The third-order valence-electron chi connectivity index (χ3n) is 6.15. The van der Waals surface area contributed by atoms with E-state index in [-0.39, 0.29) is 0 Å². The highest BCUT2D eigenvalue weighted by Crippen LogP contribution is 2.29. The van der Waals surface area contributed by atoms with E-state index in [0.717, 1.165) is 25.0 Å². The van der Waals surface area contributed by atoms with Gasteiger partial charge in [0.25, 0.3) is 0 Å². The average Bonchev–Trinajstić information content (AvgIpc) is 2.55. The second kappa shape index (κ2) is 7.94. The summed E-state index contributed by atoms with van der Waals surface area (Å²) in [4.78, 5) is 2.83. The first-order valence-electron chi connectivity index (χ1n) is 9.21. The molecule has 0 aromatic heterocycles. The fraction of sp³-hybridized carbons (Fsp3) is 1.00. The Bertz CT molecular complexity index is 298. The van der Waals surface area contributed by atoms with Gasteiger partial charge in [0.05, 0.1) is 0 Å². The molecular formula is C18H36N2O. The standard InChI is InChI=1S/C18H36N2O/c1-5-15(4)17-12-19-18(6-2,7-3)14-20(17)13-16-8-10-21-11-9-16/h15-17,19H,5-14H2,1-4H3. The van der Waals surface area contributed by atoms with E-state index in [9.17, 15) is 0 Å². The number of hydrogen-bond donors (Lipinski definition) is 1. The number of piperazine rings is 1. The lowest BCUT2D eigenvalue weighted by Gasteiger charge is -2.50. The van der Waals surface area contributed by atoms with E-state index in [0.29, 0.717) is 11.6 Å². The van der Waals surface area contributed by atoms with E-state index < -0.39 is 0 Å². The van der Waals surface area contributed by atoms with Gasteiger partial charge in [-0.05, 0) is 37.5 Å². The van der Waals surface area contributed by atoms with Gasteiger partial charge in [0.15, 0.2) is 0 Å². The van der Waals surface area contributed by atoms with Crippen LogP contribution in [0, 0.1) is 11.8 Å². The van der Waals surface area contributed by atoms with E-state index >= 15 is 0 Å². The van der Waals surface area contributed by atoms with Crippen LogP contribution in [0.3, 0.4) is 0 Å². The molecule has 0 radical (unpaired) electrons. The summed E-state index contributed by atoms with van der Waals surface area (Å²) in [5.74, 6) is 1.62. The molecule has 2 fully saturated rings. The Labute approximate surface area is 131 Å². The predicted molar refractivity (Wildman–Crippen MR) is 89.7 cm³/mol. The van der Waals surface area contributed by atoms with Crippen molar-refractivity contribution in [2.75, 3.05) is 32.8 Å². The zero-order chi connectivity index (χ0) is 15.3. The maximum Gasteiger partial charge on any atom is 0.0469 e. The quantitative estimate of drug-likeness (QED) is 0.814. The van der Waals surface area contributed by atoms with Gasteiger partial charge < -0.3 is 10.1 Å². The third-order valence-corrected chi connectivity index (χ3v) is 6.15. The van der Waals surface area contributed by atoms with Crippen LogP contribution in [0.15, 0.2) is 0 Å². The van der Waals surface area contributed by atoms with Crippen molar-refractivity contribution in [2.45, 2.75) is 71.4 Å². The molecule has 0 amide bonds. The molecule has 0 spiro atoms. The summed E-state index contributed by atoms with van der Waals surface area (Å²) in [5, 5.41) is 3.90. The molecule has 2 rings (SSSR count). The molecule has 2 heterocycles. The SMILES string of the molecule is CCC(C)C1CNC(CC)(CC)CN1CC1CCOCC1. The van der Waals surface area contributed by atoms with Gasteiger partial charge >= 0.3 is 0 Å². The second-order valence-corrected chi connectivity index (χ2v) is 7.31. The zero-order valence-electron chi connectivity index (χ0n) is 14.7. The maximum absolute atomic E-state index is 5.54. The smallest absolute Gasteiger partial charge is 0.0469 e. The molecule has 0 bridgehead atoms. The molecule has 3 heteroatoms. The molecule has 2 aliphatic heterocycles. The number of rotatable bonds is 6. The summed E-state index contributed by atoms with van der Waals surface area (Å²) >= 11 is 0. The Balaban J connectivity index is 2.04. The summed E-state index contributed by atoms with van der Waals surface area (Å²) in [6.07, 6.45) is 6.26. The minimum atomic E-state index is 0.342. The van der Waals surface area contributed by atoms with Crippen LogP contribution < -0.4 is 5.32 Å². The largest absolute Gasteiger partial charge is 0.381 e. The Morgan fingerprint density at radius 1 is 1.19 bits per heavy atom. The average molecular weight is 296 g/mol. The maximum atomic E-state index is 5.54. The van der Waals surface area contributed by atoms with E-state index in [1.807, 2.05) is 0 Å². The van der Waals surface area contributed by atoms with Gasteiger partial charge in [0.2, 0.25) is 0 Å². The molecule has 0 aliphatic carbocycles. The Hall–Kier alpha value is -0.120. The van der Waals surface area contributed by atoms with Gasteiger partial charge in [-0.15, -0.1) is 0 Å². The number of hydrogen-bond acceptors (Lipinski definition) is 3. The summed E-state index contributed by atoms with van der Waals surface area (Å²) in [7, 11) is 0. The number of ether oxygens (including phenoxy) is 1. The lowest BCUT2D eigenvalue weighted by atomic mass is 9.84. The molecule has 0 aromatic rings. The normalized spacial score (nSPS) is 29.4. The van der Waals surface area contributed by atoms with Crippen LogP contribution in [-0.4, -0.2) is 49.3 Å². The van der Waals surface area contributed by atoms with Crippen molar-refractivity contribution in [1.29, 1.82) is 0 Å². The first-order chi connectivity index (χ1) is 10.1. The van der Waals surface area contributed by atoms with Gasteiger partial charge in [-0.2, -0.15) is 0 Å². The fourth-order valence-corrected chi connectivity index (χ4v) is 4.03. The molecule has 124 valence electrons. The summed E-state index contributed by atoms with van der Waals surface area (Å²) in [6, 6.07) is 0.712. The van der Waals surface area contributed by atoms with Gasteiger partial charge in [-0.3, -0.25) is 4.90 Å². The van der Waals surface area contributed by atoms with E-state index in [2.05, 4.69) is 37.9 Å². The molecular weight excluding hydrogens is 260 g/mol. The molecule has 21 heavy (non-hydrogen) atoms. The highest BCUT2D eigenvalue weighted by molar-refractivity contribution is 4.98. The van der Waals surface area contributed by atoms with E-state index in [4.69, 9.17) is 4.74 Å². The van der Waals surface area contributed by atoms with Crippen molar-refractivity contribution >= 4 is 0 Å². The van der Waals surface area contributed by atoms with Gasteiger partial charge in [-0.25, -0.2) is 0 Å². The van der Waals surface area contributed by atoms with Crippen molar-refractivity contribution < 1.29 is 4.74 Å². The monoisotopic (exact) mass is 296 g/mol. The Kier molecular flexibility index (Phi) is 6.51. The number of nitrogens with one attached hydrogen (secondary N) is 1. The molecule has 3 nitrogen and oxygen atoms in total. The second-order valence-electron chi connectivity index (χ2n) is 7.31. The molecule has 0 saturated carbocycles. The Morgan fingerprint density at radius 2 is 1.86 bits per heavy atom. The first kappa shape index (κ1) is 17.2. The molecule has 2 saturated heterocycles. The van der Waals surface area contributed by atoms with Crippen molar-refractivity contribution in [1.82, 2.24) is 10.2 Å². The van der Waals surface area contributed by atoms with Crippen LogP contribution in [0.25, 0.3) is 0 Å². The van der Waals surface area contributed by atoms with Crippen LogP contribution >= 0.6 is 0 Å². The van der Waals surface area contributed by atoms with Crippen LogP contribution in [0.4, 0.5) is 0 Å². The molecule has 2 aliphatic rings. The lowest BCUT2D eigenvalue weighted by Crippen LogP contribution is -2.65. The van der Waals surface area contributed by atoms with Gasteiger partial charge in [-0.1, -0.05) is 34.1 Å². The lowest BCUT2D eigenvalue weighted by molar-refractivity contribution is 0.00592. The summed E-state index contributed by atoms with van der Waals surface area (Å²) < 4.78 is 5.54. The van der Waals surface area contributed by atoms with E-state index in [1.165, 1.54) is 51.7 Å². The van der Waals surface area contributed by atoms with Gasteiger partial charge in [0, 0.05) is 44.4 Å². The Morgan fingerprint density at radius 3 is 2.43 bits per heavy atom.